The molecule has 1 aliphatic heterocycles. The van der Waals surface area contributed by atoms with Gasteiger partial charge < -0.3 is 15.2 Å². The number of H-pyrrole nitrogens is 1. The van der Waals surface area contributed by atoms with Gasteiger partial charge in [0.25, 0.3) is 0 Å². The number of aromatic nitrogens is 1. The Balaban J connectivity index is 1.68. The highest BCUT2D eigenvalue weighted by atomic mass is 35.5. The maximum Gasteiger partial charge on any atom is 0.208 e. The largest absolute Gasteiger partial charge is 0.381 e. The van der Waals surface area contributed by atoms with Crippen molar-refractivity contribution in [2.75, 3.05) is 25.5 Å². The Labute approximate surface area is 168 Å². The molecule has 5 nitrogen and oxygen atoms in total. The van der Waals surface area contributed by atoms with E-state index < -0.39 is 15.7 Å². The lowest BCUT2D eigenvalue weighted by atomic mass is 10.1. The Hall–Kier alpha value is -2.09. The number of sulfone groups is 1. The average Bonchev–Trinajstić information content (AvgIpc) is 3.09. The predicted molar refractivity (Wildman–Crippen MR) is 109 cm³/mol. The smallest absolute Gasteiger partial charge is 0.208 e. The van der Waals surface area contributed by atoms with Gasteiger partial charge in [0.2, 0.25) is 9.84 Å². The van der Waals surface area contributed by atoms with E-state index in [1.165, 1.54) is 30.5 Å². The van der Waals surface area contributed by atoms with Crippen molar-refractivity contribution in [3.8, 4) is 0 Å². The number of piperidine rings is 1. The molecule has 0 aliphatic carbocycles. The van der Waals surface area contributed by atoms with Crippen LogP contribution in [0.1, 0.15) is 12.8 Å². The molecule has 1 fully saturated rings. The number of fused-ring (bicyclic) bond motifs is 1. The second-order valence-corrected chi connectivity index (χ2v) is 9.54. The third-order valence-corrected chi connectivity index (χ3v) is 7.34. The van der Waals surface area contributed by atoms with E-state index >= 15 is 0 Å². The molecule has 0 spiro atoms. The molecule has 0 bridgehead atoms. The van der Waals surface area contributed by atoms with Gasteiger partial charge in [-0.25, -0.2) is 12.8 Å². The first kappa shape index (κ1) is 19.2. The molecule has 1 aromatic heterocycles. The van der Waals surface area contributed by atoms with Gasteiger partial charge in [-0.3, -0.25) is 0 Å². The lowest BCUT2D eigenvalue weighted by Gasteiger charge is -2.30. The van der Waals surface area contributed by atoms with Crippen molar-refractivity contribution in [3.05, 3.63) is 53.4 Å². The number of aromatic amines is 1. The van der Waals surface area contributed by atoms with Gasteiger partial charge in [0.05, 0.1) is 20.5 Å². The zero-order valence-electron chi connectivity index (χ0n) is 15.4. The number of halogens is 2. The van der Waals surface area contributed by atoms with Crippen LogP contribution in [0.2, 0.25) is 5.02 Å². The van der Waals surface area contributed by atoms with Gasteiger partial charge >= 0.3 is 0 Å². The molecule has 0 amide bonds. The van der Waals surface area contributed by atoms with Crippen LogP contribution >= 0.6 is 11.6 Å². The molecule has 8 heteroatoms. The van der Waals surface area contributed by atoms with Gasteiger partial charge in [-0.05, 0) is 69.4 Å². The highest BCUT2D eigenvalue weighted by Gasteiger charge is 2.24. The van der Waals surface area contributed by atoms with Crippen LogP contribution in [0.15, 0.2) is 52.4 Å². The summed E-state index contributed by atoms with van der Waals surface area (Å²) in [5.41, 5.74) is 1.06. The van der Waals surface area contributed by atoms with Crippen molar-refractivity contribution >= 4 is 38.0 Å². The molecule has 2 heterocycles. The summed E-state index contributed by atoms with van der Waals surface area (Å²) in [5.74, 6) is -0.422. The van der Waals surface area contributed by atoms with Crippen LogP contribution in [0.25, 0.3) is 10.9 Å². The summed E-state index contributed by atoms with van der Waals surface area (Å²) >= 11 is 6.32. The summed E-state index contributed by atoms with van der Waals surface area (Å²) in [6.45, 7) is 1.97. The van der Waals surface area contributed by atoms with E-state index in [9.17, 15) is 12.8 Å². The van der Waals surface area contributed by atoms with Crippen LogP contribution in [0, 0.1) is 5.82 Å². The van der Waals surface area contributed by atoms with Gasteiger partial charge in [-0.2, -0.15) is 0 Å². The standard InChI is InChI=1S/C20H21ClFN3O2S/c1-25-8-6-14(7-9-25)24-19-11-15(3-5-17(19)21)28(26,27)20-12-23-18-10-13(22)2-4-16(18)20/h2-5,10-12,14,23-24H,6-9H2,1H3. The molecule has 0 saturated carbocycles. The molecule has 0 atom stereocenters. The Morgan fingerprint density at radius 2 is 1.93 bits per heavy atom. The minimum Gasteiger partial charge on any atom is -0.381 e. The fourth-order valence-corrected chi connectivity index (χ4v) is 5.20. The monoisotopic (exact) mass is 421 g/mol. The minimum absolute atomic E-state index is 0.120. The minimum atomic E-state index is -3.78. The second kappa shape index (κ2) is 7.39. The van der Waals surface area contributed by atoms with Gasteiger partial charge in [0, 0.05) is 23.1 Å². The van der Waals surface area contributed by atoms with E-state index in [4.69, 9.17) is 11.6 Å². The van der Waals surface area contributed by atoms with Gasteiger partial charge in [0.1, 0.15) is 5.82 Å². The SMILES string of the molecule is CN1CCC(Nc2cc(S(=O)(=O)c3c[nH]c4cc(F)ccc34)ccc2Cl)CC1. The molecule has 28 heavy (non-hydrogen) atoms. The van der Waals surface area contributed by atoms with E-state index in [2.05, 4.69) is 22.2 Å². The lowest BCUT2D eigenvalue weighted by Crippen LogP contribution is -2.36. The lowest BCUT2D eigenvalue weighted by molar-refractivity contribution is 0.264. The first-order valence-corrected chi connectivity index (χ1v) is 11.0. The summed E-state index contributed by atoms with van der Waals surface area (Å²) in [6.07, 6.45) is 3.34. The first-order valence-electron chi connectivity index (χ1n) is 9.11. The quantitative estimate of drug-likeness (QED) is 0.659. The molecule has 0 radical (unpaired) electrons. The van der Waals surface area contributed by atoms with Crippen molar-refractivity contribution < 1.29 is 12.8 Å². The molecular weight excluding hydrogens is 401 g/mol. The number of benzene rings is 2. The zero-order chi connectivity index (χ0) is 19.9. The van der Waals surface area contributed by atoms with Gasteiger partial charge in [0.15, 0.2) is 0 Å². The molecule has 2 N–H and O–H groups in total. The molecule has 2 aromatic carbocycles. The Morgan fingerprint density at radius 3 is 2.68 bits per heavy atom. The zero-order valence-corrected chi connectivity index (χ0v) is 16.9. The molecular formula is C20H21ClFN3O2S. The van der Waals surface area contributed by atoms with E-state index in [0.29, 0.717) is 21.6 Å². The number of rotatable bonds is 4. The molecule has 1 saturated heterocycles. The molecule has 148 valence electrons. The van der Waals surface area contributed by atoms with E-state index in [1.807, 2.05) is 0 Å². The Bertz CT molecular complexity index is 1120. The topological polar surface area (TPSA) is 65.2 Å². The van der Waals surface area contributed by atoms with Crippen molar-refractivity contribution in [1.29, 1.82) is 0 Å². The molecule has 1 aliphatic rings. The summed E-state index contributed by atoms with van der Waals surface area (Å²) in [5, 5.41) is 4.34. The summed E-state index contributed by atoms with van der Waals surface area (Å²) in [6, 6.07) is 8.94. The van der Waals surface area contributed by atoms with Gasteiger partial charge in [-0.15, -0.1) is 0 Å². The summed E-state index contributed by atoms with van der Waals surface area (Å²) in [7, 11) is -1.70. The van der Waals surface area contributed by atoms with E-state index in [1.54, 1.807) is 12.1 Å². The number of hydrogen-bond donors (Lipinski definition) is 2. The van der Waals surface area contributed by atoms with Gasteiger partial charge in [-0.1, -0.05) is 11.6 Å². The summed E-state index contributed by atoms with van der Waals surface area (Å²) < 4.78 is 39.8. The second-order valence-electron chi connectivity index (χ2n) is 7.21. The number of hydrogen-bond acceptors (Lipinski definition) is 4. The number of nitrogens with zero attached hydrogens (tertiary/aromatic N) is 1. The van der Waals surface area contributed by atoms with Crippen molar-refractivity contribution in [2.45, 2.75) is 28.7 Å². The third kappa shape index (κ3) is 3.62. The van der Waals surface area contributed by atoms with E-state index in [0.717, 1.165) is 25.9 Å². The number of likely N-dealkylation sites (tertiary alicyclic amines) is 1. The van der Waals surface area contributed by atoms with E-state index in [-0.39, 0.29) is 15.8 Å². The average molecular weight is 422 g/mol. The fraction of sp³-hybridized carbons (Fsp3) is 0.300. The Kier molecular flexibility index (Phi) is 5.07. The van der Waals surface area contributed by atoms with Crippen LogP contribution < -0.4 is 5.32 Å². The molecule has 4 rings (SSSR count). The van der Waals surface area contributed by atoms with Crippen molar-refractivity contribution in [3.63, 3.8) is 0 Å². The molecule has 0 unspecified atom stereocenters. The Morgan fingerprint density at radius 1 is 1.18 bits per heavy atom. The highest BCUT2D eigenvalue weighted by Crippen LogP contribution is 2.33. The summed E-state index contributed by atoms with van der Waals surface area (Å²) in [4.78, 5) is 5.37. The van der Waals surface area contributed by atoms with Crippen LogP contribution in [0.5, 0.6) is 0 Å². The first-order chi connectivity index (χ1) is 13.3. The normalized spacial score (nSPS) is 16.5. The maximum absolute atomic E-state index is 13.4. The third-order valence-electron chi connectivity index (χ3n) is 5.22. The fourth-order valence-electron chi connectivity index (χ4n) is 3.58. The maximum atomic E-state index is 13.4. The molecule has 3 aromatic rings. The van der Waals surface area contributed by atoms with Crippen LogP contribution in [-0.2, 0) is 9.84 Å². The van der Waals surface area contributed by atoms with Crippen molar-refractivity contribution in [1.82, 2.24) is 9.88 Å². The van der Waals surface area contributed by atoms with Crippen LogP contribution in [0.3, 0.4) is 0 Å². The predicted octanol–water partition coefficient (Wildman–Crippen LogP) is 4.30. The number of anilines is 1. The van der Waals surface area contributed by atoms with Crippen LogP contribution in [0.4, 0.5) is 10.1 Å². The number of nitrogens with one attached hydrogen (secondary N) is 2. The van der Waals surface area contributed by atoms with Crippen molar-refractivity contribution in [2.24, 2.45) is 0 Å². The van der Waals surface area contributed by atoms with Crippen LogP contribution in [-0.4, -0.2) is 44.5 Å². The highest BCUT2D eigenvalue weighted by molar-refractivity contribution is 7.91.